The lowest BCUT2D eigenvalue weighted by molar-refractivity contribution is -0.385. The van der Waals surface area contributed by atoms with Crippen LogP contribution in [0.5, 0.6) is 11.6 Å². The zero-order valence-electron chi connectivity index (χ0n) is 9.46. The number of rotatable bonds is 3. The predicted octanol–water partition coefficient (Wildman–Crippen LogP) is 3.85. The smallest absolute Gasteiger partial charge is 0.276 e. The number of aromatic nitrogens is 1. The van der Waals surface area contributed by atoms with Crippen molar-refractivity contribution in [1.29, 1.82) is 0 Å². The topological polar surface area (TPSA) is 65.3 Å². The van der Waals surface area contributed by atoms with Gasteiger partial charge in [0.15, 0.2) is 0 Å². The van der Waals surface area contributed by atoms with Crippen LogP contribution in [-0.2, 0) is 0 Å². The Hall–Kier alpha value is -1.95. The summed E-state index contributed by atoms with van der Waals surface area (Å²) in [5, 5.41) is 10.8. The molecule has 6 heteroatoms. The fourth-order valence-electron chi connectivity index (χ4n) is 1.45. The molecule has 0 fully saturated rings. The number of halogens is 1. The number of ether oxygens (including phenoxy) is 1. The van der Waals surface area contributed by atoms with Gasteiger partial charge in [-0.3, -0.25) is 10.1 Å². The Morgan fingerprint density at radius 3 is 2.72 bits per heavy atom. The lowest BCUT2D eigenvalue weighted by atomic mass is 10.2. The van der Waals surface area contributed by atoms with Gasteiger partial charge < -0.3 is 4.74 Å². The number of nitro groups is 1. The number of nitrogens with zero attached hydrogens (tertiary/aromatic N) is 2. The molecule has 1 heterocycles. The molecule has 0 amide bonds. The molecule has 0 bridgehead atoms. The molecule has 0 saturated carbocycles. The Morgan fingerprint density at radius 2 is 2.11 bits per heavy atom. The van der Waals surface area contributed by atoms with Gasteiger partial charge in [-0.15, -0.1) is 0 Å². The van der Waals surface area contributed by atoms with Crippen LogP contribution in [0.1, 0.15) is 5.56 Å². The van der Waals surface area contributed by atoms with Crippen LogP contribution in [0.3, 0.4) is 0 Å². The fourth-order valence-corrected chi connectivity index (χ4v) is 1.68. The van der Waals surface area contributed by atoms with E-state index in [1.807, 2.05) is 0 Å². The molecule has 0 saturated heterocycles. The van der Waals surface area contributed by atoms with Crippen molar-refractivity contribution in [2.24, 2.45) is 0 Å². The third-order valence-electron chi connectivity index (χ3n) is 2.37. The maximum absolute atomic E-state index is 10.8. The number of benzene rings is 1. The van der Waals surface area contributed by atoms with Crippen LogP contribution < -0.4 is 4.74 Å². The molecule has 18 heavy (non-hydrogen) atoms. The molecule has 0 N–H and O–H groups in total. The Labute approximate surface area is 112 Å². The lowest BCUT2D eigenvalue weighted by Gasteiger charge is -2.07. The van der Waals surface area contributed by atoms with E-state index in [4.69, 9.17) is 4.74 Å². The average molecular weight is 309 g/mol. The van der Waals surface area contributed by atoms with Crippen molar-refractivity contribution < 1.29 is 9.66 Å². The molecule has 1 aromatic carbocycles. The van der Waals surface area contributed by atoms with Gasteiger partial charge in [0.25, 0.3) is 5.69 Å². The molecule has 5 nitrogen and oxygen atoms in total. The molecule has 1 aromatic heterocycles. The molecule has 0 aliphatic heterocycles. The quantitative estimate of drug-likeness (QED) is 0.638. The SMILES string of the molecule is Cc1c(Oc2ccc(Br)cn2)cccc1[N+](=O)[O-]. The highest BCUT2D eigenvalue weighted by molar-refractivity contribution is 9.10. The third kappa shape index (κ3) is 2.65. The first-order valence-electron chi connectivity index (χ1n) is 5.11. The normalized spacial score (nSPS) is 10.1. The molecule has 0 atom stereocenters. The number of hydrogen-bond donors (Lipinski definition) is 0. The summed E-state index contributed by atoms with van der Waals surface area (Å²) in [5.41, 5.74) is 0.511. The second-order valence-electron chi connectivity index (χ2n) is 3.57. The number of nitro benzene ring substituents is 1. The Kier molecular flexibility index (Phi) is 3.57. The summed E-state index contributed by atoms with van der Waals surface area (Å²) in [6.45, 7) is 1.65. The van der Waals surface area contributed by atoms with Gasteiger partial charge in [-0.05, 0) is 35.0 Å². The predicted molar refractivity (Wildman–Crippen MR) is 69.8 cm³/mol. The standard InChI is InChI=1S/C12H9BrN2O3/c1-8-10(15(16)17)3-2-4-11(8)18-12-6-5-9(13)7-14-12/h2-7H,1H3. The van der Waals surface area contributed by atoms with Gasteiger partial charge in [0.2, 0.25) is 5.88 Å². The molecule has 2 aromatic rings. The molecule has 2 rings (SSSR count). The zero-order chi connectivity index (χ0) is 13.1. The summed E-state index contributed by atoms with van der Waals surface area (Å²) in [6.07, 6.45) is 1.60. The van der Waals surface area contributed by atoms with E-state index in [0.29, 0.717) is 17.2 Å². The van der Waals surface area contributed by atoms with Crippen molar-refractivity contribution in [1.82, 2.24) is 4.98 Å². The van der Waals surface area contributed by atoms with Gasteiger partial charge in [-0.1, -0.05) is 6.07 Å². The van der Waals surface area contributed by atoms with Crippen molar-refractivity contribution in [3.63, 3.8) is 0 Å². The van der Waals surface area contributed by atoms with E-state index in [0.717, 1.165) is 4.47 Å². The first-order chi connectivity index (χ1) is 8.58. The lowest BCUT2D eigenvalue weighted by Crippen LogP contribution is -1.95. The maximum Gasteiger partial charge on any atom is 0.276 e. The summed E-state index contributed by atoms with van der Waals surface area (Å²) in [5.74, 6) is 0.820. The number of hydrogen-bond acceptors (Lipinski definition) is 4. The van der Waals surface area contributed by atoms with Gasteiger partial charge in [-0.2, -0.15) is 0 Å². The second kappa shape index (κ2) is 5.14. The molecule has 0 spiro atoms. The molecular weight excluding hydrogens is 300 g/mol. The van der Waals surface area contributed by atoms with E-state index in [9.17, 15) is 10.1 Å². The van der Waals surface area contributed by atoms with Crippen molar-refractivity contribution >= 4 is 21.6 Å². The van der Waals surface area contributed by atoms with E-state index in [2.05, 4.69) is 20.9 Å². The van der Waals surface area contributed by atoms with Crippen LogP contribution in [-0.4, -0.2) is 9.91 Å². The number of pyridine rings is 1. The highest BCUT2D eigenvalue weighted by Gasteiger charge is 2.14. The highest BCUT2D eigenvalue weighted by Crippen LogP contribution is 2.30. The van der Waals surface area contributed by atoms with Gasteiger partial charge in [0.1, 0.15) is 5.75 Å². The summed E-state index contributed by atoms with van der Waals surface area (Å²) in [6, 6.07) is 8.17. The van der Waals surface area contributed by atoms with Crippen LogP contribution in [0.25, 0.3) is 0 Å². The first kappa shape index (κ1) is 12.5. The van der Waals surface area contributed by atoms with Crippen LogP contribution >= 0.6 is 15.9 Å². The molecule has 0 radical (unpaired) electrons. The molecule has 0 aliphatic rings. The van der Waals surface area contributed by atoms with Crippen molar-refractivity contribution in [3.05, 3.63) is 56.7 Å². The molecular formula is C12H9BrN2O3. The summed E-state index contributed by atoms with van der Waals surface area (Å²) in [4.78, 5) is 14.4. The minimum absolute atomic E-state index is 0.0320. The van der Waals surface area contributed by atoms with Crippen molar-refractivity contribution in [3.8, 4) is 11.6 Å². The monoisotopic (exact) mass is 308 g/mol. The Bertz CT molecular complexity index is 584. The van der Waals surface area contributed by atoms with E-state index < -0.39 is 4.92 Å². The van der Waals surface area contributed by atoms with Crippen molar-refractivity contribution in [2.45, 2.75) is 6.92 Å². The third-order valence-corrected chi connectivity index (χ3v) is 2.84. The zero-order valence-corrected chi connectivity index (χ0v) is 11.0. The first-order valence-corrected chi connectivity index (χ1v) is 5.90. The average Bonchev–Trinajstić information content (AvgIpc) is 2.34. The van der Waals surface area contributed by atoms with E-state index >= 15 is 0 Å². The van der Waals surface area contributed by atoms with Crippen LogP contribution in [0.15, 0.2) is 41.0 Å². The summed E-state index contributed by atoms with van der Waals surface area (Å²) in [7, 11) is 0. The van der Waals surface area contributed by atoms with E-state index in [1.165, 1.54) is 6.07 Å². The van der Waals surface area contributed by atoms with Gasteiger partial charge in [0, 0.05) is 22.8 Å². The molecule has 0 unspecified atom stereocenters. The molecule has 0 aliphatic carbocycles. The van der Waals surface area contributed by atoms with Gasteiger partial charge in [0.05, 0.1) is 10.5 Å². The van der Waals surface area contributed by atoms with E-state index in [1.54, 1.807) is 37.4 Å². The Balaban J connectivity index is 2.32. The Morgan fingerprint density at radius 1 is 1.33 bits per heavy atom. The highest BCUT2D eigenvalue weighted by atomic mass is 79.9. The molecule has 92 valence electrons. The maximum atomic E-state index is 10.8. The second-order valence-corrected chi connectivity index (χ2v) is 4.49. The summed E-state index contributed by atoms with van der Waals surface area (Å²) >= 11 is 3.27. The van der Waals surface area contributed by atoms with E-state index in [-0.39, 0.29) is 5.69 Å². The summed E-state index contributed by atoms with van der Waals surface area (Å²) < 4.78 is 6.36. The van der Waals surface area contributed by atoms with Crippen LogP contribution in [0.2, 0.25) is 0 Å². The largest absolute Gasteiger partial charge is 0.439 e. The van der Waals surface area contributed by atoms with Gasteiger partial charge >= 0.3 is 0 Å². The fraction of sp³-hybridized carbons (Fsp3) is 0.0833. The van der Waals surface area contributed by atoms with Crippen LogP contribution in [0, 0.1) is 17.0 Å². The van der Waals surface area contributed by atoms with Crippen LogP contribution in [0.4, 0.5) is 5.69 Å². The minimum atomic E-state index is -0.433. The van der Waals surface area contributed by atoms with Gasteiger partial charge in [-0.25, -0.2) is 4.98 Å². The van der Waals surface area contributed by atoms with Crippen molar-refractivity contribution in [2.75, 3.05) is 0 Å². The minimum Gasteiger partial charge on any atom is -0.439 e.